The Balaban J connectivity index is 1.68. The van der Waals surface area contributed by atoms with Crippen molar-refractivity contribution >= 4 is 16.6 Å². The van der Waals surface area contributed by atoms with E-state index < -0.39 is 0 Å². The summed E-state index contributed by atoms with van der Waals surface area (Å²) in [5, 5.41) is 10.0. The fourth-order valence-corrected chi connectivity index (χ4v) is 3.49. The molecule has 0 unspecified atom stereocenters. The minimum atomic E-state index is -0.0173. The first-order valence-corrected chi connectivity index (χ1v) is 8.47. The Morgan fingerprint density at radius 1 is 1.28 bits per heavy atom. The van der Waals surface area contributed by atoms with Crippen molar-refractivity contribution in [3.05, 3.63) is 47.9 Å². The number of rotatable bonds is 4. The van der Waals surface area contributed by atoms with Crippen LogP contribution in [-0.2, 0) is 11.8 Å². The molecule has 1 fully saturated rings. The summed E-state index contributed by atoms with van der Waals surface area (Å²) in [6.07, 6.45) is 4.63. The van der Waals surface area contributed by atoms with Crippen LogP contribution in [-0.4, -0.2) is 34.5 Å². The largest absolute Gasteiger partial charge is 0.496 e. The van der Waals surface area contributed by atoms with E-state index in [1.54, 1.807) is 7.11 Å². The van der Waals surface area contributed by atoms with Gasteiger partial charge in [-0.15, -0.1) is 0 Å². The average Bonchev–Trinajstić information content (AvgIpc) is 3.21. The molecule has 25 heavy (non-hydrogen) atoms. The van der Waals surface area contributed by atoms with Gasteiger partial charge in [0.15, 0.2) is 0 Å². The molecule has 0 radical (unpaired) electrons. The molecule has 1 aliphatic rings. The number of methoxy groups -OCH3 is 1. The third-order valence-corrected chi connectivity index (χ3v) is 4.98. The number of ether oxygens (including phenoxy) is 2. The topological polar surface area (TPSA) is 61.2 Å². The summed E-state index contributed by atoms with van der Waals surface area (Å²) in [4.78, 5) is 4.56. The van der Waals surface area contributed by atoms with Crippen LogP contribution in [0.15, 0.2) is 36.7 Å². The maximum atomic E-state index is 6.01. The quantitative estimate of drug-likeness (QED) is 0.791. The van der Waals surface area contributed by atoms with Gasteiger partial charge >= 0.3 is 0 Å². The highest BCUT2D eigenvalue weighted by atomic mass is 16.5. The molecule has 0 bridgehead atoms. The Hall–Kier alpha value is -2.60. The van der Waals surface area contributed by atoms with E-state index in [0.717, 1.165) is 46.6 Å². The van der Waals surface area contributed by atoms with Gasteiger partial charge in [0.1, 0.15) is 17.7 Å². The second kappa shape index (κ2) is 6.37. The first-order chi connectivity index (χ1) is 12.2. The molecule has 4 rings (SSSR count). The summed E-state index contributed by atoms with van der Waals surface area (Å²) in [5.41, 5.74) is 2.27. The van der Waals surface area contributed by atoms with E-state index in [4.69, 9.17) is 9.47 Å². The van der Waals surface area contributed by atoms with E-state index >= 15 is 0 Å². The van der Waals surface area contributed by atoms with Crippen molar-refractivity contribution in [3.8, 4) is 5.75 Å². The lowest BCUT2D eigenvalue weighted by molar-refractivity contribution is 0.107. The number of anilines is 1. The molecule has 3 aromatic rings. The van der Waals surface area contributed by atoms with Crippen LogP contribution in [0.5, 0.6) is 5.75 Å². The first-order valence-electron chi connectivity index (χ1n) is 8.47. The molecule has 2 atom stereocenters. The van der Waals surface area contributed by atoms with Crippen molar-refractivity contribution in [1.29, 1.82) is 0 Å². The standard InChI is InChI=1S/C19H22N4O2/c1-12-15(11-21-23(12)2)18-16(8-10-25-18)22-19-14-5-4-6-17(24-3)13(14)7-9-20-19/h4-7,9,11,16,18H,8,10H2,1-3H3,(H,20,22)/t16-,18+/m0/s1. The lowest BCUT2D eigenvalue weighted by Gasteiger charge is -2.21. The summed E-state index contributed by atoms with van der Waals surface area (Å²) < 4.78 is 13.4. The first kappa shape index (κ1) is 15.9. The van der Waals surface area contributed by atoms with Gasteiger partial charge < -0.3 is 14.8 Å². The predicted molar refractivity (Wildman–Crippen MR) is 97.0 cm³/mol. The smallest absolute Gasteiger partial charge is 0.134 e. The number of nitrogens with one attached hydrogen (secondary N) is 1. The Morgan fingerprint density at radius 3 is 2.92 bits per heavy atom. The van der Waals surface area contributed by atoms with Gasteiger partial charge in [0.25, 0.3) is 0 Å². The minimum Gasteiger partial charge on any atom is -0.496 e. The number of hydrogen-bond acceptors (Lipinski definition) is 5. The molecule has 2 aromatic heterocycles. The van der Waals surface area contributed by atoms with Crippen molar-refractivity contribution in [3.63, 3.8) is 0 Å². The maximum absolute atomic E-state index is 6.01. The van der Waals surface area contributed by atoms with Crippen LogP contribution in [0.3, 0.4) is 0 Å². The number of hydrogen-bond donors (Lipinski definition) is 1. The van der Waals surface area contributed by atoms with Gasteiger partial charge in [-0.1, -0.05) is 12.1 Å². The Bertz CT molecular complexity index is 906. The number of nitrogens with zero attached hydrogens (tertiary/aromatic N) is 3. The van der Waals surface area contributed by atoms with E-state index in [2.05, 4.69) is 28.4 Å². The molecule has 6 nitrogen and oxygen atoms in total. The van der Waals surface area contributed by atoms with Gasteiger partial charge in [-0.05, 0) is 25.5 Å². The number of aryl methyl sites for hydroxylation is 1. The molecule has 0 spiro atoms. The van der Waals surface area contributed by atoms with Crippen LogP contribution in [0.2, 0.25) is 0 Å². The lowest BCUT2D eigenvalue weighted by atomic mass is 10.0. The molecule has 130 valence electrons. The molecule has 6 heteroatoms. The lowest BCUT2D eigenvalue weighted by Crippen LogP contribution is -2.24. The van der Waals surface area contributed by atoms with Gasteiger partial charge in [-0.25, -0.2) is 4.98 Å². The number of pyridine rings is 1. The highest BCUT2D eigenvalue weighted by Gasteiger charge is 2.32. The molecule has 3 heterocycles. The van der Waals surface area contributed by atoms with E-state index in [9.17, 15) is 0 Å². The highest BCUT2D eigenvalue weighted by molar-refractivity contribution is 5.95. The van der Waals surface area contributed by atoms with Crippen molar-refractivity contribution in [2.75, 3.05) is 19.0 Å². The third kappa shape index (κ3) is 2.72. The number of aromatic nitrogens is 3. The van der Waals surface area contributed by atoms with E-state index in [-0.39, 0.29) is 12.1 Å². The van der Waals surface area contributed by atoms with Crippen LogP contribution in [0.1, 0.15) is 23.8 Å². The number of benzene rings is 1. The van der Waals surface area contributed by atoms with Crippen LogP contribution >= 0.6 is 0 Å². The third-order valence-electron chi connectivity index (χ3n) is 4.98. The second-order valence-electron chi connectivity index (χ2n) is 6.35. The second-order valence-corrected chi connectivity index (χ2v) is 6.35. The van der Waals surface area contributed by atoms with E-state index in [0.29, 0.717) is 0 Å². The van der Waals surface area contributed by atoms with Crippen molar-refractivity contribution in [2.24, 2.45) is 7.05 Å². The molecular weight excluding hydrogens is 316 g/mol. The SMILES string of the molecule is COc1cccc2c(N[C@H]3CCO[C@@H]3c3cnn(C)c3C)nccc12. The minimum absolute atomic E-state index is 0.0173. The molecule has 1 aliphatic heterocycles. The zero-order valence-corrected chi connectivity index (χ0v) is 14.7. The molecule has 0 saturated carbocycles. The van der Waals surface area contributed by atoms with Crippen LogP contribution in [0.4, 0.5) is 5.82 Å². The van der Waals surface area contributed by atoms with Crippen LogP contribution in [0.25, 0.3) is 10.8 Å². The summed E-state index contributed by atoms with van der Waals surface area (Å²) in [6.45, 7) is 2.80. The fourth-order valence-electron chi connectivity index (χ4n) is 3.49. The van der Waals surface area contributed by atoms with Crippen molar-refractivity contribution in [1.82, 2.24) is 14.8 Å². The van der Waals surface area contributed by atoms with Gasteiger partial charge in [-0.3, -0.25) is 4.68 Å². The van der Waals surface area contributed by atoms with Crippen molar-refractivity contribution < 1.29 is 9.47 Å². The highest BCUT2D eigenvalue weighted by Crippen LogP contribution is 2.35. The van der Waals surface area contributed by atoms with Gasteiger partial charge in [0, 0.05) is 41.9 Å². The maximum Gasteiger partial charge on any atom is 0.134 e. The summed E-state index contributed by atoms with van der Waals surface area (Å²) in [5.74, 6) is 1.71. The molecule has 1 aromatic carbocycles. The summed E-state index contributed by atoms with van der Waals surface area (Å²) in [6, 6.07) is 8.15. The summed E-state index contributed by atoms with van der Waals surface area (Å²) in [7, 11) is 3.64. The Morgan fingerprint density at radius 2 is 2.16 bits per heavy atom. The summed E-state index contributed by atoms with van der Waals surface area (Å²) >= 11 is 0. The zero-order valence-electron chi connectivity index (χ0n) is 14.7. The van der Waals surface area contributed by atoms with Gasteiger partial charge in [0.05, 0.1) is 19.3 Å². The van der Waals surface area contributed by atoms with Crippen molar-refractivity contribution in [2.45, 2.75) is 25.5 Å². The average molecular weight is 338 g/mol. The monoisotopic (exact) mass is 338 g/mol. The molecule has 0 amide bonds. The zero-order chi connectivity index (χ0) is 17.4. The predicted octanol–water partition coefficient (Wildman–Crippen LogP) is 3.23. The molecule has 1 saturated heterocycles. The van der Waals surface area contributed by atoms with Crippen LogP contribution < -0.4 is 10.1 Å². The normalized spacial score (nSPS) is 20.1. The van der Waals surface area contributed by atoms with E-state index in [1.807, 2.05) is 42.3 Å². The van der Waals surface area contributed by atoms with E-state index in [1.165, 1.54) is 0 Å². The van der Waals surface area contributed by atoms with Gasteiger partial charge in [-0.2, -0.15) is 5.10 Å². The molecule has 1 N–H and O–H groups in total. The fraction of sp³-hybridized carbons (Fsp3) is 0.368. The van der Waals surface area contributed by atoms with Crippen LogP contribution in [0, 0.1) is 6.92 Å². The molecular formula is C19H22N4O2. The van der Waals surface area contributed by atoms with Gasteiger partial charge in [0.2, 0.25) is 0 Å². The number of fused-ring (bicyclic) bond motifs is 1. The Kier molecular flexibility index (Phi) is 4.05. The Labute approximate surface area is 146 Å². The molecule has 0 aliphatic carbocycles.